The monoisotopic (exact) mass is 263 g/mol. The Morgan fingerprint density at radius 1 is 1.47 bits per heavy atom. The lowest BCUT2D eigenvalue weighted by Crippen LogP contribution is -2.43. The Hall–Kier alpha value is -1.42. The lowest BCUT2D eigenvalue weighted by molar-refractivity contribution is -0.131. The van der Waals surface area contributed by atoms with E-state index >= 15 is 0 Å². The zero-order valence-electron chi connectivity index (χ0n) is 12.2. The van der Waals surface area contributed by atoms with Gasteiger partial charge in [0.25, 0.3) is 0 Å². The van der Waals surface area contributed by atoms with Crippen LogP contribution >= 0.6 is 0 Å². The van der Waals surface area contributed by atoms with E-state index < -0.39 is 0 Å². The Morgan fingerprint density at radius 2 is 2.21 bits per heavy atom. The number of hydrogen-bond acceptors (Lipinski definition) is 3. The van der Waals surface area contributed by atoms with Gasteiger partial charge in [-0.25, -0.2) is 0 Å². The van der Waals surface area contributed by atoms with Crippen molar-refractivity contribution in [1.82, 2.24) is 9.88 Å². The quantitative estimate of drug-likeness (QED) is 0.816. The first-order valence-corrected chi connectivity index (χ1v) is 6.85. The second-order valence-electron chi connectivity index (χ2n) is 5.72. The SMILES string of the molecule is CCCN(CC(C)(C)CN)C(=O)Cc1cccnc1. The van der Waals surface area contributed by atoms with Crippen LogP contribution in [0.2, 0.25) is 0 Å². The molecule has 0 radical (unpaired) electrons. The number of nitrogens with zero attached hydrogens (tertiary/aromatic N) is 2. The molecule has 0 saturated heterocycles. The number of hydrogen-bond donors (Lipinski definition) is 1. The highest BCUT2D eigenvalue weighted by Crippen LogP contribution is 2.16. The normalized spacial score (nSPS) is 11.4. The summed E-state index contributed by atoms with van der Waals surface area (Å²) in [5.41, 5.74) is 6.67. The molecule has 0 spiro atoms. The van der Waals surface area contributed by atoms with Crippen molar-refractivity contribution in [3.63, 3.8) is 0 Å². The van der Waals surface area contributed by atoms with Gasteiger partial charge in [0.15, 0.2) is 0 Å². The molecule has 0 unspecified atom stereocenters. The Kier molecular flexibility index (Phi) is 5.96. The fourth-order valence-electron chi connectivity index (χ4n) is 1.93. The number of nitrogens with two attached hydrogens (primary N) is 1. The summed E-state index contributed by atoms with van der Waals surface area (Å²) in [6, 6.07) is 3.79. The van der Waals surface area contributed by atoms with Gasteiger partial charge in [0.2, 0.25) is 5.91 Å². The Balaban J connectivity index is 2.68. The van der Waals surface area contributed by atoms with Crippen molar-refractivity contribution in [1.29, 1.82) is 0 Å². The molecule has 1 aromatic rings. The van der Waals surface area contributed by atoms with E-state index in [4.69, 9.17) is 5.73 Å². The number of pyridine rings is 1. The average Bonchev–Trinajstić information content (AvgIpc) is 2.39. The second-order valence-corrected chi connectivity index (χ2v) is 5.72. The first kappa shape index (κ1) is 15.6. The van der Waals surface area contributed by atoms with E-state index in [1.807, 2.05) is 17.0 Å². The fraction of sp³-hybridized carbons (Fsp3) is 0.600. The number of aromatic nitrogens is 1. The molecule has 0 fully saturated rings. The van der Waals surface area contributed by atoms with Gasteiger partial charge in [-0.05, 0) is 30.0 Å². The molecule has 0 bridgehead atoms. The van der Waals surface area contributed by atoms with Crippen molar-refractivity contribution >= 4 is 5.91 Å². The number of carbonyl (C=O) groups excluding carboxylic acids is 1. The Bertz CT molecular complexity index is 390. The fourth-order valence-corrected chi connectivity index (χ4v) is 1.93. The van der Waals surface area contributed by atoms with Crippen LogP contribution in [0.1, 0.15) is 32.8 Å². The van der Waals surface area contributed by atoms with Crippen LogP contribution in [0.5, 0.6) is 0 Å². The third-order valence-corrected chi connectivity index (χ3v) is 3.10. The van der Waals surface area contributed by atoms with Gasteiger partial charge in [0, 0.05) is 25.5 Å². The van der Waals surface area contributed by atoms with E-state index in [1.165, 1.54) is 0 Å². The molecule has 19 heavy (non-hydrogen) atoms. The zero-order chi connectivity index (χ0) is 14.3. The molecular formula is C15H25N3O. The lowest BCUT2D eigenvalue weighted by Gasteiger charge is -2.31. The summed E-state index contributed by atoms with van der Waals surface area (Å²) < 4.78 is 0. The summed E-state index contributed by atoms with van der Waals surface area (Å²) in [6.45, 7) is 8.33. The lowest BCUT2D eigenvalue weighted by atomic mass is 9.92. The first-order valence-electron chi connectivity index (χ1n) is 6.85. The maximum atomic E-state index is 12.4. The third-order valence-electron chi connectivity index (χ3n) is 3.10. The summed E-state index contributed by atoms with van der Waals surface area (Å²) >= 11 is 0. The van der Waals surface area contributed by atoms with E-state index in [-0.39, 0.29) is 11.3 Å². The van der Waals surface area contributed by atoms with Gasteiger partial charge < -0.3 is 10.6 Å². The summed E-state index contributed by atoms with van der Waals surface area (Å²) in [5.74, 6) is 0.149. The topological polar surface area (TPSA) is 59.2 Å². The average molecular weight is 263 g/mol. The van der Waals surface area contributed by atoms with Crippen LogP contribution in [0.4, 0.5) is 0 Å². The molecule has 0 atom stereocenters. The molecular weight excluding hydrogens is 238 g/mol. The summed E-state index contributed by atoms with van der Waals surface area (Å²) in [5, 5.41) is 0. The third kappa shape index (κ3) is 5.39. The van der Waals surface area contributed by atoms with Crippen molar-refractivity contribution in [3.05, 3.63) is 30.1 Å². The van der Waals surface area contributed by atoms with Gasteiger partial charge in [0.05, 0.1) is 6.42 Å². The van der Waals surface area contributed by atoms with Crippen molar-refractivity contribution in [2.75, 3.05) is 19.6 Å². The smallest absolute Gasteiger partial charge is 0.227 e. The minimum absolute atomic E-state index is 0.0419. The predicted molar refractivity (Wildman–Crippen MR) is 77.6 cm³/mol. The predicted octanol–water partition coefficient (Wildman–Crippen LogP) is 1.85. The van der Waals surface area contributed by atoms with Crippen LogP contribution in [0.15, 0.2) is 24.5 Å². The largest absolute Gasteiger partial charge is 0.342 e. The van der Waals surface area contributed by atoms with Gasteiger partial charge in [0.1, 0.15) is 0 Å². The van der Waals surface area contributed by atoms with Crippen molar-refractivity contribution in [2.24, 2.45) is 11.1 Å². The molecule has 0 aliphatic rings. The standard InChI is InChI=1S/C15H25N3O/c1-4-8-18(12-15(2,3)11-16)14(19)9-13-6-5-7-17-10-13/h5-7,10H,4,8-9,11-12,16H2,1-3H3. The molecule has 106 valence electrons. The summed E-state index contributed by atoms with van der Waals surface area (Å²) in [7, 11) is 0. The maximum Gasteiger partial charge on any atom is 0.227 e. The summed E-state index contributed by atoms with van der Waals surface area (Å²) in [4.78, 5) is 18.3. The molecule has 0 aliphatic heterocycles. The highest BCUT2D eigenvalue weighted by atomic mass is 16.2. The maximum absolute atomic E-state index is 12.4. The van der Waals surface area contributed by atoms with Crippen molar-refractivity contribution < 1.29 is 4.79 Å². The van der Waals surface area contributed by atoms with E-state index in [0.717, 1.165) is 18.5 Å². The van der Waals surface area contributed by atoms with Crippen LogP contribution in [-0.2, 0) is 11.2 Å². The van der Waals surface area contributed by atoms with Crippen LogP contribution in [0.25, 0.3) is 0 Å². The van der Waals surface area contributed by atoms with Gasteiger partial charge in [-0.3, -0.25) is 9.78 Å². The van der Waals surface area contributed by atoms with E-state index in [0.29, 0.717) is 19.5 Å². The Morgan fingerprint density at radius 3 is 2.74 bits per heavy atom. The number of amides is 1. The van der Waals surface area contributed by atoms with E-state index in [2.05, 4.69) is 25.8 Å². The van der Waals surface area contributed by atoms with E-state index in [9.17, 15) is 4.79 Å². The number of carbonyl (C=O) groups is 1. The molecule has 0 aliphatic carbocycles. The van der Waals surface area contributed by atoms with E-state index in [1.54, 1.807) is 12.4 Å². The molecule has 0 aromatic carbocycles. The minimum atomic E-state index is -0.0419. The van der Waals surface area contributed by atoms with Gasteiger partial charge in [-0.15, -0.1) is 0 Å². The molecule has 4 nitrogen and oxygen atoms in total. The van der Waals surface area contributed by atoms with Gasteiger partial charge in [-0.1, -0.05) is 26.8 Å². The van der Waals surface area contributed by atoms with Crippen molar-refractivity contribution in [3.8, 4) is 0 Å². The molecule has 1 amide bonds. The first-order chi connectivity index (χ1) is 8.98. The second kappa shape index (κ2) is 7.24. The molecule has 1 rings (SSSR count). The van der Waals surface area contributed by atoms with Crippen LogP contribution in [0.3, 0.4) is 0 Å². The molecule has 2 N–H and O–H groups in total. The highest BCUT2D eigenvalue weighted by Gasteiger charge is 2.23. The van der Waals surface area contributed by atoms with Crippen LogP contribution < -0.4 is 5.73 Å². The molecule has 1 aromatic heterocycles. The molecule has 4 heteroatoms. The van der Waals surface area contributed by atoms with Gasteiger partial charge >= 0.3 is 0 Å². The van der Waals surface area contributed by atoms with Gasteiger partial charge in [-0.2, -0.15) is 0 Å². The van der Waals surface area contributed by atoms with Crippen LogP contribution in [-0.4, -0.2) is 35.4 Å². The van der Waals surface area contributed by atoms with Crippen LogP contribution in [0, 0.1) is 5.41 Å². The summed E-state index contributed by atoms with van der Waals surface area (Å²) in [6.07, 6.45) is 4.83. The zero-order valence-corrected chi connectivity index (χ0v) is 12.2. The highest BCUT2D eigenvalue weighted by molar-refractivity contribution is 5.78. The number of rotatable bonds is 7. The van der Waals surface area contributed by atoms with Crippen molar-refractivity contribution in [2.45, 2.75) is 33.6 Å². The molecule has 1 heterocycles. The molecule has 0 saturated carbocycles. The Labute approximate surface area is 116 Å². The minimum Gasteiger partial charge on any atom is -0.342 e.